The Morgan fingerprint density at radius 3 is 2.25 bits per heavy atom. The van der Waals surface area contributed by atoms with Crippen LogP contribution in [0.5, 0.6) is 11.5 Å². The first-order chi connectivity index (χ1) is 7.52. The van der Waals surface area contributed by atoms with E-state index in [1.54, 1.807) is 0 Å². The molecule has 0 fully saturated rings. The molecule has 1 unspecified atom stereocenters. The third-order valence-electron chi connectivity index (χ3n) is 2.05. The van der Waals surface area contributed by atoms with Gasteiger partial charge in [0, 0.05) is 0 Å². The maximum atomic E-state index is 13.7. The largest absolute Gasteiger partial charge is 0.496 e. The molecule has 16 heavy (non-hydrogen) atoms. The normalized spacial score (nSPS) is 12.0. The second kappa shape index (κ2) is 4.80. The first-order valence-electron chi connectivity index (χ1n) is 4.34. The molecule has 6 heteroatoms. The Kier molecular flexibility index (Phi) is 3.68. The Morgan fingerprint density at radius 1 is 1.31 bits per heavy atom. The number of hydrogen-bond donors (Lipinski definition) is 2. The Bertz CT molecular complexity index is 404. The number of methoxy groups -OCH3 is 2. The number of hydrogen-bond acceptors (Lipinski definition) is 4. The van der Waals surface area contributed by atoms with Crippen molar-refractivity contribution in [3.05, 3.63) is 23.5 Å². The van der Waals surface area contributed by atoms with Gasteiger partial charge in [0.15, 0.2) is 17.7 Å². The van der Waals surface area contributed by atoms with Gasteiger partial charge in [-0.25, -0.2) is 9.18 Å². The number of rotatable bonds is 4. The van der Waals surface area contributed by atoms with Gasteiger partial charge in [0.25, 0.3) is 0 Å². The summed E-state index contributed by atoms with van der Waals surface area (Å²) < 4.78 is 23.2. The first kappa shape index (κ1) is 12.3. The van der Waals surface area contributed by atoms with E-state index < -0.39 is 23.5 Å². The third-order valence-corrected chi connectivity index (χ3v) is 2.05. The summed E-state index contributed by atoms with van der Waals surface area (Å²) in [5.41, 5.74) is -0.450. The molecule has 0 saturated heterocycles. The van der Waals surface area contributed by atoms with E-state index in [1.807, 2.05) is 0 Å². The van der Waals surface area contributed by atoms with Gasteiger partial charge in [-0.2, -0.15) is 0 Å². The highest BCUT2D eigenvalue weighted by Crippen LogP contribution is 2.33. The van der Waals surface area contributed by atoms with E-state index in [4.69, 9.17) is 9.84 Å². The summed E-state index contributed by atoms with van der Waals surface area (Å²) in [4.78, 5) is 10.6. The molecule has 0 heterocycles. The molecule has 0 saturated carbocycles. The minimum atomic E-state index is -2.00. The minimum Gasteiger partial charge on any atom is -0.496 e. The smallest absolute Gasteiger partial charge is 0.337 e. The van der Waals surface area contributed by atoms with Gasteiger partial charge in [-0.05, 0) is 12.1 Å². The van der Waals surface area contributed by atoms with Crippen LogP contribution in [-0.4, -0.2) is 30.4 Å². The molecule has 0 aliphatic heterocycles. The molecular weight excluding hydrogens is 219 g/mol. The molecule has 0 bridgehead atoms. The second-order valence-electron chi connectivity index (χ2n) is 2.94. The molecule has 0 spiro atoms. The summed E-state index contributed by atoms with van der Waals surface area (Å²) in [5.74, 6) is -2.72. The Balaban J connectivity index is 3.37. The lowest BCUT2D eigenvalue weighted by Crippen LogP contribution is -2.14. The lowest BCUT2D eigenvalue weighted by atomic mass is 10.1. The highest BCUT2D eigenvalue weighted by atomic mass is 19.1. The summed E-state index contributed by atoms with van der Waals surface area (Å²) in [5, 5.41) is 18.0. The van der Waals surface area contributed by atoms with Gasteiger partial charge in [-0.1, -0.05) is 0 Å². The lowest BCUT2D eigenvalue weighted by Gasteiger charge is -2.14. The number of aliphatic hydroxyl groups excluding tert-OH is 1. The monoisotopic (exact) mass is 230 g/mol. The molecule has 1 aromatic rings. The number of carboxylic acids is 1. The van der Waals surface area contributed by atoms with E-state index >= 15 is 0 Å². The summed E-state index contributed by atoms with van der Waals surface area (Å²) >= 11 is 0. The SMILES string of the molecule is COc1ccc(OC)c(C(O)C(=O)O)c1F. The molecular formula is C10H11FO5. The van der Waals surface area contributed by atoms with Gasteiger partial charge in [0.2, 0.25) is 0 Å². The van der Waals surface area contributed by atoms with E-state index in [0.717, 1.165) is 0 Å². The number of benzene rings is 1. The van der Waals surface area contributed by atoms with Crippen LogP contribution in [0.4, 0.5) is 4.39 Å². The molecule has 0 amide bonds. The van der Waals surface area contributed by atoms with Crippen molar-refractivity contribution < 1.29 is 28.9 Å². The molecule has 1 aromatic carbocycles. The van der Waals surface area contributed by atoms with Gasteiger partial charge in [0.05, 0.1) is 19.8 Å². The lowest BCUT2D eigenvalue weighted by molar-refractivity contribution is -0.147. The van der Waals surface area contributed by atoms with Crippen LogP contribution in [0.1, 0.15) is 11.7 Å². The highest BCUT2D eigenvalue weighted by Gasteiger charge is 2.26. The zero-order chi connectivity index (χ0) is 12.3. The molecule has 1 atom stereocenters. The molecule has 0 aliphatic carbocycles. The minimum absolute atomic E-state index is 0.0480. The predicted molar refractivity (Wildman–Crippen MR) is 52.1 cm³/mol. The fourth-order valence-corrected chi connectivity index (χ4v) is 1.27. The number of aliphatic hydroxyl groups is 1. The van der Waals surface area contributed by atoms with Crippen LogP contribution in [-0.2, 0) is 4.79 Å². The Morgan fingerprint density at radius 2 is 1.81 bits per heavy atom. The van der Waals surface area contributed by atoms with Crippen molar-refractivity contribution in [1.29, 1.82) is 0 Å². The van der Waals surface area contributed by atoms with Crippen LogP contribution in [0.3, 0.4) is 0 Å². The van der Waals surface area contributed by atoms with Crippen molar-refractivity contribution in [2.45, 2.75) is 6.10 Å². The van der Waals surface area contributed by atoms with Crippen molar-refractivity contribution in [2.75, 3.05) is 14.2 Å². The van der Waals surface area contributed by atoms with Gasteiger partial charge < -0.3 is 19.7 Å². The van der Waals surface area contributed by atoms with Crippen LogP contribution < -0.4 is 9.47 Å². The summed E-state index contributed by atoms with van der Waals surface area (Å²) in [6.07, 6.45) is -2.00. The van der Waals surface area contributed by atoms with Gasteiger partial charge in [-0.15, -0.1) is 0 Å². The van der Waals surface area contributed by atoms with Crippen molar-refractivity contribution in [1.82, 2.24) is 0 Å². The molecule has 1 rings (SSSR count). The van der Waals surface area contributed by atoms with Gasteiger partial charge >= 0.3 is 5.97 Å². The summed E-state index contributed by atoms with van der Waals surface area (Å²) in [6.45, 7) is 0. The quantitative estimate of drug-likeness (QED) is 0.805. The molecule has 2 N–H and O–H groups in total. The van der Waals surface area contributed by atoms with Crippen molar-refractivity contribution >= 4 is 5.97 Å². The zero-order valence-corrected chi connectivity index (χ0v) is 8.73. The van der Waals surface area contributed by atoms with Crippen molar-refractivity contribution in [3.63, 3.8) is 0 Å². The molecule has 88 valence electrons. The number of ether oxygens (including phenoxy) is 2. The number of aliphatic carboxylic acids is 1. The number of carboxylic acid groups (broad SMARTS) is 1. The molecule has 5 nitrogen and oxygen atoms in total. The van der Waals surface area contributed by atoms with E-state index in [2.05, 4.69) is 4.74 Å². The van der Waals surface area contributed by atoms with Crippen LogP contribution in [0, 0.1) is 5.82 Å². The standard InChI is InChI=1S/C10H11FO5/c1-15-5-3-4-6(16-2)8(11)7(5)9(12)10(13)14/h3-4,9,12H,1-2H3,(H,13,14). The second-order valence-corrected chi connectivity index (χ2v) is 2.94. The number of carbonyl (C=O) groups is 1. The van der Waals surface area contributed by atoms with Gasteiger partial charge in [-0.3, -0.25) is 0 Å². The van der Waals surface area contributed by atoms with E-state index in [9.17, 15) is 14.3 Å². The Hall–Kier alpha value is -1.82. The fourth-order valence-electron chi connectivity index (χ4n) is 1.27. The molecule has 0 radical (unpaired) electrons. The number of halogens is 1. The first-order valence-corrected chi connectivity index (χ1v) is 4.34. The maximum Gasteiger partial charge on any atom is 0.337 e. The van der Waals surface area contributed by atoms with Crippen molar-refractivity contribution in [2.24, 2.45) is 0 Å². The van der Waals surface area contributed by atoms with Crippen molar-refractivity contribution in [3.8, 4) is 11.5 Å². The van der Waals surface area contributed by atoms with Gasteiger partial charge in [0.1, 0.15) is 5.75 Å². The van der Waals surface area contributed by atoms with Crippen LogP contribution >= 0.6 is 0 Å². The highest BCUT2D eigenvalue weighted by molar-refractivity contribution is 5.75. The molecule has 0 aliphatic rings. The topological polar surface area (TPSA) is 76.0 Å². The summed E-state index contributed by atoms with van der Waals surface area (Å²) in [6, 6.07) is 2.61. The van der Waals surface area contributed by atoms with Crippen LogP contribution in [0.15, 0.2) is 12.1 Å². The fraction of sp³-hybridized carbons (Fsp3) is 0.300. The average Bonchev–Trinajstić information content (AvgIpc) is 2.27. The van der Waals surface area contributed by atoms with Crippen LogP contribution in [0.2, 0.25) is 0 Å². The van der Waals surface area contributed by atoms with E-state index in [0.29, 0.717) is 0 Å². The predicted octanol–water partition coefficient (Wildman–Crippen LogP) is 0.961. The third kappa shape index (κ3) is 2.06. The average molecular weight is 230 g/mol. The van der Waals surface area contributed by atoms with E-state index in [1.165, 1.54) is 26.4 Å². The summed E-state index contributed by atoms with van der Waals surface area (Å²) in [7, 11) is 2.49. The van der Waals surface area contributed by atoms with E-state index in [-0.39, 0.29) is 11.5 Å². The maximum absolute atomic E-state index is 13.7. The molecule has 0 aromatic heterocycles. The Labute approximate surface area is 91.0 Å². The van der Waals surface area contributed by atoms with Crippen LogP contribution in [0.25, 0.3) is 0 Å². The zero-order valence-electron chi connectivity index (χ0n) is 8.73.